The standard InChI is InChI=1S/C27H24N4O2S/c1-33-20-10-8-19(9-11-20)25(18-28)30-12-14-31(15-13-30)27(32)22-17-24(26-7-4-16-34-26)29-23-6-3-2-5-21(22)23/h2-11,16-17,25H,12-15H2,1H3/t25-/m1/s1. The molecule has 2 aromatic heterocycles. The number of nitriles is 1. The molecule has 3 heterocycles. The van der Waals surface area contributed by atoms with Crippen LogP contribution in [0.3, 0.4) is 0 Å². The molecule has 7 heteroatoms. The molecular weight excluding hydrogens is 444 g/mol. The van der Waals surface area contributed by atoms with E-state index in [1.165, 1.54) is 0 Å². The highest BCUT2D eigenvalue weighted by Gasteiger charge is 2.28. The maximum atomic E-state index is 13.6. The minimum absolute atomic E-state index is 0.00834. The predicted octanol–water partition coefficient (Wildman–Crippen LogP) is 4.99. The van der Waals surface area contributed by atoms with E-state index in [4.69, 9.17) is 9.72 Å². The minimum atomic E-state index is -0.352. The van der Waals surface area contributed by atoms with Gasteiger partial charge >= 0.3 is 0 Å². The molecule has 1 aliphatic rings. The fourth-order valence-electron chi connectivity index (χ4n) is 4.41. The van der Waals surface area contributed by atoms with E-state index in [0.717, 1.165) is 32.8 Å². The molecule has 2 aromatic carbocycles. The van der Waals surface area contributed by atoms with E-state index in [1.54, 1.807) is 18.4 Å². The maximum absolute atomic E-state index is 13.6. The summed E-state index contributed by atoms with van der Waals surface area (Å²) in [6, 6.07) is 23.4. The first-order valence-electron chi connectivity index (χ1n) is 11.2. The van der Waals surface area contributed by atoms with Gasteiger partial charge in [-0.2, -0.15) is 5.26 Å². The summed E-state index contributed by atoms with van der Waals surface area (Å²) in [5.74, 6) is 0.774. The number of aromatic nitrogens is 1. The van der Waals surface area contributed by atoms with Crippen LogP contribution in [0.1, 0.15) is 22.0 Å². The van der Waals surface area contributed by atoms with Crippen LogP contribution in [0, 0.1) is 11.3 Å². The minimum Gasteiger partial charge on any atom is -0.497 e. The molecular formula is C27H24N4O2S. The van der Waals surface area contributed by atoms with E-state index >= 15 is 0 Å². The fourth-order valence-corrected chi connectivity index (χ4v) is 5.10. The van der Waals surface area contributed by atoms with Crippen LogP contribution in [-0.2, 0) is 0 Å². The number of methoxy groups -OCH3 is 1. The number of para-hydroxylation sites is 1. The highest BCUT2D eigenvalue weighted by molar-refractivity contribution is 7.13. The second kappa shape index (κ2) is 9.64. The first-order valence-corrected chi connectivity index (χ1v) is 12.1. The second-order valence-corrected chi connectivity index (χ2v) is 9.13. The molecule has 0 bridgehead atoms. The van der Waals surface area contributed by atoms with Crippen LogP contribution in [0.4, 0.5) is 0 Å². The summed E-state index contributed by atoms with van der Waals surface area (Å²) in [4.78, 5) is 23.5. The normalized spacial score (nSPS) is 15.1. The van der Waals surface area contributed by atoms with Gasteiger partial charge < -0.3 is 9.64 Å². The number of carbonyl (C=O) groups is 1. The van der Waals surface area contributed by atoms with E-state index in [9.17, 15) is 10.1 Å². The maximum Gasteiger partial charge on any atom is 0.254 e. The summed E-state index contributed by atoms with van der Waals surface area (Å²) in [6.07, 6.45) is 0. The SMILES string of the molecule is COc1ccc([C@@H](C#N)N2CCN(C(=O)c3cc(-c4cccs4)nc4ccccc34)CC2)cc1. The smallest absolute Gasteiger partial charge is 0.254 e. The zero-order valence-electron chi connectivity index (χ0n) is 18.8. The van der Waals surface area contributed by atoms with Crippen LogP contribution in [0.25, 0.3) is 21.5 Å². The van der Waals surface area contributed by atoms with Gasteiger partial charge in [0.25, 0.3) is 5.91 Å². The Morgan fingerprint density at radius 3 is 2.50 bits per heavy atom. The first-order chi connectivity index (χ1) is 16.7. The van der Waals surface area contributed by atoms with Crippen molar-refractivity contribution in [3.63, 3.8) is 0 Å². The van der Waals surface area contributed by atoms with E-state index in [-0.39, 0.29) is 11.9 Å². The first kappa shape index (κ1) is 22.1. The van der Waals surface area contributed by atoms with Crippen LogP contribution in [-0.4, -0.2) is 54.0 Å². The highest BCUT2D eigenvalue weighted by Crippen LogP contribution is 2.29. The molecule has 0 radical (unpaired) electrons. The van der Waals surface area contributed by atoms with Crippen molar-refractivity contribution < 1.29 is 9.53 Å². The van der Waals surface area contributed by atoms with Crippen molar-refractivity contribution in [3.05, 3.63) is 83.2 Å². The average Bonchev–Trinajstić information content (AvgIpc) is 3.44. The Morgan fingerprint density at radius 1 is 1.06 bits per heavy atom. The Hall–Kier alpha value is -3.73. The number of pyridine rings is 1. The number of hydrogen-bond donors (Lipinski definition) is 0. The lowest BCUT2D eigenvalue weighted by Crippen LogP contribution is -2.49. The molecule has 6 nitrogen and oxygen atoms in total. The molecule has 0 N–H and O–H groups in total. The molecule has 1 saturated heterocycles. The predicted molar refractivity (Wildman–Crippen MR) is 134 cm³/mol. The van der Waals surface area contributed by atoms with Crippen molar-refractivity contribution in [3.8, 4) is 22.4 Å². The third-order valence-corrected chi connectivity index (χ3v) is 7.13. The van der Waals surface area contributed by atoms with Crippen molar-refractivity contribution in [1.29, 1.82) is 5.26 Å². The van der Waals surface area contributed by atoms with Gasteiger partial charge in [-0.15, -0.1) is 11.3 Å². The molecule has 0 unspecified atom stereocenters. The number of amides is 1. The van der Waals surface area contributed by atoms with Crippen LogP contribution in [0.5, 0.6) is 5.75 Å². The van der Waals surface area contributed by atoms with Gasteiger partial charge in [0.1, 0.15) is 11.8 Å². The van der Waals surface area contributed by atoms with Crippen molar-refractivity contribution in [2.75, 3.05) is 33.3 Å². The summed E-state index contributed by atoms with van der Waals surface area (Å²) in [5, 5.41) is 12.7. The average molecular weight is 469 g/mol. The monoisotopic (exact) mass is 468 g/mol. The fraction of sp³-hybridized carbons (Fsp3) is 0.222. The van der Waals surface area contributed by atoms with Crippen LogP contribution in [0.2, 0.25) is 0 Å². The van der Waals surface area contributed by atoms with E-state index in [2.05, 4.69) is 11.0 Å². The summed E-state index contributed by atoms with van der Waals surface area (Å²) in [7, 11) is 1.63. The molecule has 0 saturated carbocycles. The molecule has 5 rings (SSSR count). The van der Waals surface area contributed by atoms with E-state index in [0.29, 0.717) is 31.7 Å². The summed E-state index contributed by atoms with van der Waals surface area (Å²) in [6.45, 7) is 2.41. The van der Waals surface area contributed by atoms with Gasteiger partial charge in [-0.05, 0) is 41.3 Å². The van der Waals surface area contributed by atoms with Gasteiger partial charge in [-0.3, -0.25) is 9.69 Å². The number of hydrogen-bond acceptors (Lipinski definition) is 6. The largest absolute Gasteiger partial charge is 0.497 e. The van der Waals surface area contributed by atoms with Crippen molar-refractivity contribution in [1.82, 2.24) is 14.8 Å². The van der Waals surface area contributed by atoms with Gasteiger partial charge in [-0.25, -0.2) is 4.98 Å². The van der Waals surface area contributed by atoms with Gasteiger partial charge in [0, 0.05) is 31.6 Å². The molecule has 34 heavy (non-hydrogen) atoms. The Balaban J connectivity index is 1.36. The number of carbonyl (C=O) groups excluding carboxylic acids is 1. The molecule has 0 aliphatic carbocycles. The lowest BCUT2D eigenvalue weighted by Gasteiger charge is -2.37. The number of nitrogens with zero attached hydrogens (tertiary/aromatic N) is 4. The van der Waals surface area contributed by atoms with E-state index < -0.39 is 0 Å². The molecule has 1 amide bonds. The number of thiophene rings is 1. The lowest BCUT2D eigenvalue weighted by atomic mass is 10.0. The van der Waals surface area contributed by atoms with Crippen molar-refractivity contribution in [2.24, 2.45) is 0 Å². The summed E-state index contributed by atoms with van der Waals surface area (Å²) >= 11 is 1.61. The number of fused-ring (bicyclic) bond motifs is 1. The van der Waals surface area contributed by atoms with Gasteiger partial charge in [-0.1, -0.05) is 36.4 Å². The molecule has 170 valence electrons. The Kier molecular flexibility index (Phi) is 6.26. The van der Waals surface area contributed by atoms with Gasteiger partial charge in [0.2, 0.25) is 0 Å². The quantitative estimate of drug-likeness (QED) is 0.413. The second-order valence-electron chi connectivity index (χ2n) is 8.18. The summed E-state index contributed by atoms with van der Waals surface area (Å²) < 4.78 is 5.23. The number of rotatable bonds is 5. The zero-order chi connectivity index (χ0) is 23.5. The topological polar surface area (TPSA) is 69.5 Å². The Bertz CT molecular complexity index is 1340. The molecule has 1 aliphatic heterocycles. The lowest BCUT2D eigenvalue weighted by molar-refractivity contribution is 0.0608. The number of ether oxygens (including phenoxy) is 1. The van der Waals surface area contributed by atoms with Gasteiger partial charge in [0.05, 0.1) is 34.8 Å². The third-order valence-electron chi connectivity index (χ3n) is 6.24. The molecule has 1 fully saturated rings. The van der Waals surface area contributed by atoms with Crippen LogP contribution < -0.4 is 4.74 Å². The Morgan fingerprint density at radius 2 is 1.82 bits per heavy atom. The summed E-state index contributed by atoms with van der Waals surface area (Å²) in [5.41, 5.74) is 3.25. The Labute approximate surface area is 202 Å². The third kappa shape index (κ3) is 4.26. The molecule has 1 atom stereocenters. The number of benzene rings is 2. The van der Waals surface area contributed by atoms with Gasteiger partial charge in [0.15, 0.2) is 0 Å². The highest BCUT2D eigenvalue weighted by atomic mass is 32.1. The molecule has 4 aromatic rings. The van der Waals surface area contributed by atoms with Crippen LogP contribution >= 0.6 is 11.3 Å². The van der Waals surface area contributed by atoms with Crippen LogP contribution in [0.15, 0.2) is 72.1 Å². The van der Waals surface area contributed by atoms with Crippen molar-refractivity contribution in [2.45, 2.75) is 6.04 Å². The van der Waals surface area contributed by atoms with E-state index in [1.807, 2.05) is 77.0 Å². The zero-order valence-corrected chi connectivity index (χ0v) is 19.7. The van der Waals surface area contributed by atoms with Crippen molar-refractivity contribution >= 4 is 28.1 Å². The molecule has 0 spiro atoms. The number of piperazine rings is 1.